The number of benzene rings is 1. The minimum atomic E-state index is 0.209. The Bertz CT molecular complexity index is 435. The minimum absolute atomic E-state index is 0.209. The van der Waals surface area contributed by atoms with Crippen LogP contribution in [0.4, 0.5) is 0 Å². The number of fused-ring (bicyclic) bond motifs is 1. The van der Waals surface area contributed by atoms with E-state index in [1.165, 1.54) is 5.56 Å². The van der Waals surface area contributed by atoms with Crippen LogP contribution < -0.4 is 0 Å². The number of Topliss-reactive ketones (excluding diaryl/α,β-unsaturated/α-hetero) is 1. The average molecular weight is 228 g/mol. The summed E-state index contributed by atoms with van der Waals surface area (Å²) in [5, 5.41) is 0. The lowest BCUT2D eigenvalue weighted by Crippen LogP contribution is -2.37. The quantitative estimate of drug-likeness (QED) is 0.740. The van der Waals surface area contributed by atoms with Crippen molar-refractivity contribution < 1.29 is 9.53 Å². The first kappa shape index (κ1) is 10.7. The summed E-state index contributed by atoms with van der Waals surface area (Å²) in [5.41, 5.74) is 1.20. The van der Waals surface area contributed by atoms with Crippen LogP contribution in [0.25, 0.3) is 0 Å². The van der Waals surface area contributed by atoms with Gasteiger partial charge in [0.05, 0.1) is 13.2 Å². The molecule has 2 heteroatoms. The lowest BCUT2D eigenvalue weighted by molar-refractivity contribution is -0.132. The Kier molecular flexibility index (Phi) is 2.81. The van der Waals surface area contributed by atoms with E-state index in [4.69, 9.17) is 4.74 Å². The molecule has 1 fully saturated rings. The molecule has 0 aliphatic heterocycles. The second kappa shape index (κ2) is 4.46. The number of carbonyl (C=O) groups is 1. The first-order chi connectivity index (χ1) is 8.34. The van der Waals surface area contributed by atoms with E-state index in [1.807, 2.05) is 18.2 Å². The molecule has 17 heavy (non-hydrogen) atoms. The van der Waals surface area contributed by atoms with E-state index >= 15 is 0 Å². The van der Waals surface area contributed by atoms with Gasteiger partial charge in [-0.3, -0.25) is 4.79 Å². The van der Waals surface area contributed by atoms with Crippen LogP contribution in [0, 0.1) is 17.8 Å². The monoisotopic (exact) mass is 228 g/mol. The molecule has 1 aromatic rings. The maximum Gasteiger partial charge on any atom is 0.140 e. The third-order valence-electron chi connectivity index (χ3n) is 3.81. The summed E-state index contributed by atoms with van der Waals surface area (Å²) in [6, 6.07) is 10.2. The highest BCUT2D eigenvalue weighted by atomic mass is 16.5. The number of allylic oxidation sites excluding steroid dienone is 1. The number of ketones is 1. The number of hydrogen-bond donors (Lipinski definition) is 0. The van der Waals surface area contributed by atoms with Gasteiger partial charge < -0.3 is 4.74 Å². The number of hydrogen-bond acceptors (Lipinski definition) is 2. The van der Waals surface area contributed by atoms with Gasteiger partial charge in [0.2, 0.25) is 0 Å². The van der Waals surface area contributed by atoms with E-state index in [9.17, 15) is 4.79 Å². The van der Waals surface area contributed by atoms with E-state index in [0.29, 0.717) is 24.2 Å². The maximum absolute atomic E-state index is 11.3. The van der Waals surface area contributed by atoms with Gasteiger partial charge in [-0.25, -0.2) is 0 Å². The van der Waals surface area contributed by atoms with Crippen molar-refractivity contribution in [1.82, 2.24) is 0 Å². The summed E-state index contributed by atoms with van der Waals surface area (Å²) in [6.07, 6.45) is 4.97. The molecule has 1 aromatic carbocycles. The molecule has 0 heterocycles. The van der Waals surface area contributed by atoms with Crippen molar-refractivity contribution in [1.29, 1.82) is 0 Å². The smallest absolute Gasteiger partial charge is 0.140 e. The zero-order valence-electron chi connectivity index (χ0n) is 9.71. The maximum atomic E-state index is 11.3. The highest BCUT2D eigenvalue weighted by Crippen LogP contribution is 2.43. The summed E-state index contributed by atoms with van der Waals surface area (Å²) >= 11 is 0. The SMILES string of the molecule is O=C1CC2C(COCc3ccccc3)C=CC12. The molecule has 0 radical (unpaired) electrons. The van der Waals surface area contributed by atoms with Crippen molar-refractivity contribution in [3.63, 3.8) is 0 Å². The number of carbonyl (C=O) groups excluding carboxylic acids is 1. The van der Waals surface area contributed by atoms with Crippen LogP contribution in [0.5, 0.6) is 0 Å². The molecule has 2 aliphatic carbocycles. The Labute approximate surface area is 101 Å². The van der Waals surface area contributed by atoms with Crippen LogP contribution in [-0.2, 0) is 16.1 Å². The molecule has 3 unspecified atom stereocenters. The predicted molar refractivity (Wildman–Crippen MR) is 65.3 cm³/mol. The van der Waals surface area contributed by atoms with Crippen LogP contribution in [0.1, 0.15) is 12.0 Å². The summed E-state index contributed by atoms with van der Waals surface area (Å²) in [7, 11) is 0. The fourth-order valence-electron chi connectivity index (χ4n) is 2.71. The second-order valence-corrected chi connectivity index (χ2v) is 4.91. The van der Waals surface area contributed by atoms with Gasteiger partial charge in [-0.2, -0.15) is 0 Å². The molecular weight excluding hydrogens is 212 g/mol. The van der Waals surface area contributed by atoms with Gasteiger partial charge in [-0.15, -0.1) is 0 Å². The molecular formula is C15H16O2. The Morgan fingerprint density at radius 1 is 1.18 bits per heavy atom. The third-order valence-corrected chi connectivity index (χ3v) is 3.81. The molecule has 0 saturated heterocycles. The topological polar surface area (TPSA) is 26.3 Å². The minimum Gasteiger partial charge on any atom is -0.376 e. The molecule has 0 aromatic heterocycles. The first-order valence-electron chi connectivity index (χ1n) is 6.17. The van der Waals surface area contributed by atoms with Crippen LogP contribution >= 0.6 is 0 Å². The zero-order valence-corrected chi connectivity index (χ0v) is 9.71. The predicted octanol–water partition coefficient (Wildman–Crippen LogP) is 2.59. The van der Waals surface area contributed by atoms with Crippen molar-refractivity contribution in [2.24, 2.45) is 17.8 Å². The molecule has 0 bridgehead atoms. The van der Waals surface area contributed by atoms with Gasteiger partial charge in [0.25, 0.3) is 0 Å². The number of ether oxygens (including phenoxy) is 1. The average Bonchev–Trinajstić information content (AvgIpc) is 2.67. The first-order valence-corrected chi connectivity index (χ1v) is 6.17. The van der Waals surface area contributed by atoms with Crippen molar-refractivity contribution in [3.05, 3.63) is 48.0 Å². The molecule has 2 nitrogen and oxygen atoms in total. The lowest BCUT2D eigenvalue weighted by Gasteiger charge is -2.32. The van der Waals surface area contributed by atoms with Crippen molar-refractivity contribution in [2.45, 2.75) is 13.0 Å². The molecule has 3 rings (SSSR count). The summed E-state index contributed by atoms with van der Waals surface area (Å²) in [4.78, 5) is 11.3. The van der Waals surface area contributed by atoms with Gasteiger partial charge in [0.1, 0.15) is 5.78 Å². The second-order valence-electron chi connectivity index (χ2n) is 4.91. The Morgan fingerprint density at radius 3 is 2.71 bits per heavy atom. The van der Waals surface area contributed by atoms with Gasteiger partial charge >= 0.3 is 0 Å². The van der Waals surface area contributed by atoms with E-state index in [1.54, 1.807) is 0 Å². The van der Waals surface area contributed by atoms with E-state index < -0.39 is 0 Å². The third kappa shape index (κ3) is 2.05. The molecule has 2 aliphatic rings. The van der Waals surface area contributed by atoms with Gasteiger partial charge in [0, 0.05) is 18.3 Å². The fraction of sp³-hybridized carbons (Fsp3) is 0.400. The van der Waals surface area contributed by atoms with Crippen LogP contribution in [-0.4, -0.2) is 12.4 Å². The summed E-state index contributed by atoms with van der Waals surface area (Å²) in [5.74, 6) is 1.58. The molecule has 0 spiro atoms. The fourth-order valence-corrected chi connectivity index (χ4v) is 2.71. The van der Waals surface area contributed by atoms with Crippen molar-refractivity contribution in [2.75, 3.05) is 6.61 Å². The van der Waals surface area contributed by atoms with Crippen molar-refractivity contribution >= 4 is 5.78 Å². The van der Waals surface area contributed by atoms with E-state index in [0.717, 1.165) is 13.0 Å². The largest absolute Gasteiger partial charge is 0.376 e. The molecule has 3 atom stereocenters. The standard InChI is InChI=1S/C15H16O2/c16-15-8-14-12(6-7-13(14)15)10-17-9-11-4-2-1-3-5-11/h1-7,12-14H,8-10H2. The normalized spacial score (nSPS) is 30.1. The number of rotatable bonds is 4. The summed E-state index contributed by atoms with van der Waals surface area (Å²) in [6.45, 7) is 1.40. The molecule has 88 valence electrons. The van der Waals surface area contributed by atoms with Crippen LogP contribution in [0.2, 0.25) is 0 Å². The highest BCUT2D eigenvalue weighted by Gasteiger charge is 2.45. The summed E-state index contributed by atoms with van der Waals surface area (Å²) < 4.78 is 5.73. The zero-order chi connectivity index (χ0) is 11.7. The van der Waals surface area contributed by atoms with Gasteiger partial charge in [0.15, 0.2) is 0 Å². The van der Waals surface area contributed by atoms with Crippen molar-refractivity contribution in [3.8, 4) is 0 Å². The highest BCUT2D eigenvalue weighted by molar-refractivity contribution is 5.90. The molecule has 1 saturated carbocycles. The van der Waals surface area contributed by atoms with Gasteiger partial charge in [-0.05, 0) is 11.5 Å². The van der Waals surface area contributed by atoms with E-state index in [-0.39, 0.29) is 5.92 Å². The Morgan fingerprint density at radius 2 is 2.00 bits per heavy atom. The lowest BCUT2D eigenvalue weighted by atomic mass is 9.71. The Hall–Kier alpha value is -1.41. The van der Waals surface area contributed by atoms with E-state index in [2.05, 4.69) is 24.3 Å². The van der Waals surface area contributed by atoms with Crippen LogP contribution in [0.3, 0.4) is 0 Å². The molecule has 0 N–H and O–H groups in total. The Balaban J connectivity index is 1.47. The van der Waals surface area contributed by atoms with Crippen LogP contribution in [0.15, 0.2) is 42.5 Å². The van der Waals surface area contributed by atoms with Gasteiger partial charge in [-0.1, -0.05) is 42.5 Å². The molecule has 0 amide bonds.